The molecule has 0 aliphatic rings. The van der Waals surface area contributed by atoms with Crippen LogP contribution >= 0.6 is 11.8 Å². The zero-order valence-electron chi connectivity index (χ0n) is 10.0. The molecule has 1 aromatic rings. The number of carbonyl (C=O) groups excluding carboxylic acids is 1. The van der Waals surface area contributed by atoms with Gasteiger partial charge in [0.1, 0.15) is 6.10 Å². The maximum Gasteiger partial charge on any atom is 0.446 e. The molecule has 8 heteroatoms. The maximum atomic E-state index is 12.1. The van der Waals surface area contributed by atoms with E-state index in [9.17, 15) is 18.0 Å². The highest BCUT2D eigenvalue weighted by molar-refractivity contribution is 8.00. The van der Waals surface area contributed by atoms with Gasteiger partial charge in [0, 0.05) is 24.2 Å². The van der Waals surface area contributed by atoms with Gasteiger partial charge in [-0.15, -0.1) is 0 Å². The van der Waals surface area contributed by atoms with Crippen LogP contribution in [0.4, 0.5) is 18.9 Å². The SMILES string of the molecule is COC(CN)C(=O)Nc1ccc(SC(F)(F)F)cc1. The van der Waals surface area contributed by atoms with Crippen LogP contribution in [0.25, 0.3) is 0 Å². The topological polar surface area (TPSA) is 64.3 Å². The zero-order chi connectivity index (χ0) is 14.5. The van der Waals surface area contributed by atoms with Crippen molar-refractivity contribution in [3.63, 3.8) is 0 Å². The summed E-state index contributed by atoms with van der Waals surface area (Å²) in [6.45, 7) is 0.0182. The van der Waals surface area contributed by atoms with Gasteiger partial charge in [0.25, 0.3) is 5.91 Å². The molecule has 0 aromatic heterocycles. The molecule has 1 unspecified atom stereocenters. The summed E-state index contributed by atoms with van der Waals surface area (Å²) in [7, 11) is 1.35. The molecule has 106 valence electrons. The Morgan fingerprint density at radius 3 is 2.42 bits per heavy atom. The molecule has 1 aromatic carbocycles. The van der Waals surface area contributed by atoms with Gasteiger partial charge in [-0.1, -0.05) is 0 Å². The maximum absolute atomic E-state index is 12.1. The smallest absolute Gasteiger partial charge is 0.370 e. The molecule has 0 radical (unpaired) electrons. The van der Waals surface area contributed by atoms with Gasteiger partial charge in [0.15, 0.2) is 0 Å². The molecule has 0 aliphatic heterocycles. The van der Waals surface area contributed by atoms with Crippen LogP contribution < -0.4 is 11.1 Å². The minimum Gasteiger partial charge on any atom is -0.370 e. The van der Waals surface area contributed by atoms with Crippen molar-refractivity contribution in [3.05, 3.63) is 24.3 Å². The van der Waals surface area contributed by atoms with Gasteiger partial charge in [0.2, 0.25) is 0 Å². The summed E-state index contributed by atoms with van der Waals surface area (Å²) in [5.41, 5.74) is 1.37. The first-order valence-electron chi connectivity index (χ1n) is 5.25. The third-order valence-corrected chi connectivity index (χ3v) is 2.89. The first-order chi connectivity index (χ1) is 8.85. The van der Waals surface area contributed by atoms with Gasteiger partial charge in [-0.25, -0.2) is 0 Å². The summed E-state index contributed by atoms with van der Waals surface area (Å²) < 4.78 is 41.2. The number of carbonyl (C=O) groups is 1. The van der Waals surface area contributed by atoms with Crippen molar-refractivity contribution < 1.29 is 22.7 Å². The molecule has 3 N–H and O–H groups in total. The van der Waals surface area contributed by atoms with Gasteiger partial charge >= 0.3 is 5.51 Å². The van der Waals surface area contributed by atoms with Crippen LogP contribution in [0.5, 0.6) is 0 Å². The summed E-state index contributed by atoms with van der Waals surface area (Å²) >= 11 is -0.214. The first kappa shape index (κ1) is 15.8. The molecule has 1 rings (SSSR count). The van der Waals surface area contributed by atoms with Crippen molar-refractivity contribution in [2.24, 2.45) is 5.73 Å². The fourth-order valence-electron chi connectivity index (χ4n) is 1.27. The van der Waals surface area contributed by atoms with Crippen molar-refractivity contribution in [1.82, 2.24) is 0 Å². The number of alkyl halides is 3. The molecule has 0 heterocycles. The van der Waals surface area contributed by atoms with Crippen LogP contribution in [0.1, 0.15) is 0 Å². The molecule has 0 fully saturated rings. The fourth-order valence-corrected chi connectivity index (χ4v) is 1.81. The van der Waals surface area contributed by atoms with Crippen molar-refractivity contribution in [3.8, 4) is 0 Å². The lowest BCUT2D eigenvalue weighted by Gasteiger charge is -2.13. The number of hydrogen-bond acceptors (Lipinski definition) is 4. The van der Waals surface area contributed by atoms with Crippen molar-refractivity contribution >= 4 is 23.4 Å². The standard InChI is InChI=1S/C11H13F3N2O2S/c1-18-9(6-15)10(17)16-7-2-4-8(5-3-7)19-11(12,13)14/h2-5,9H,6,15H2,1H3,(H,16,17). The van der Waals surface area contributed by atoms with E-state index in [-0.39, 0.29) is 23.2 Å². The minimum absolute atomic E-state index is 0.0182. The van der Waals surface area contributed by atoms with Crippen molar-refractivity contribution in [2.45, 2.75) is 16.5 Å². The number of anilines is 1. The fraction of sp³-hybridized carbons (Fsp3) is 0.364. The van der Waals surface area contributed by atoms with Crippen LogP contribution in [-0.2, 0) is 9.53 Å². The van der Waals surface area contributed by atoms with E-state index < -0.39 is 17.5 Å². The highest BCUT2D eigenvalue weighted by atomic mass is 32.2. The molecule has 0 saturated carbocycles. The van der Waals surface area contributed by atoms with Gasteiger partial charge in [0.05, 0.1) is 0 Å². The summed E-state index contributed by atoms with van der Waals surface area (Å²) in [4.78, 5) is 11.6. The normalized spacial score (nSPS) is 13.1. The molecule has 4 nitrogen and oxygen atoms in total. The Morgan fingerprint density at radius 1 is 1.42 bits per heavy atom. The van der Waals surface area contributed by atoms with Crippen LogP contribution in [0.15, 0.2) is 29.2 Å². The van der Waals surface area contributed by atoms with Crippen LogP contribution in [-0.4, -0.2) is 31.2 Å². The summed E-state index contributed by atoms with van der Waals surface area (Å²) in [5.74, 6) is -0.443. The quantitative estimate of drug-likeness (QED) is 0.817. The number of rotatable bonds is 5. The third kappa shape index (κ3) is 5.50. The van der Waals surface area contributed by atoms with E-state index in [2.05, 4.69) is 5.32 Å². The molecule has 0 aliphatic carbocycles. The van der Waals surface area contributed by atoms with Gasteiger partial charge in [-0.2, -0.15) is 13.2 Å². The van der Waals surface area contributed by atoms with Gasteiger partial charge in [-0.3, -0.25) is 4.79 Å². The Bertz CT molecular complexity index is 419. The Kier molecular flexibility index (Phi) is 5.64. The molecule has 1 amide bonds. The molecular formula is C11H13F3N2O2S. The number of methoxy groups -OCH3 is 1. The van der Waals surface area contributed by atoms with E-state index in [4.69, 9.17) is 10.5 Å². The highest BCUT2D eigenvalue weighted by Gasteiger charge is 2.29. The van der Waals surface area contributed by atoms with Gasteiger partial charge in [-0.05, 0) is 36.0 Å². The van der Waals surface area contributed by atoms with E-state index in [0.29, 0.717) is 5.69 Å². The summed E-state index contributed by atoms with van der Waals surface area (Å²) in [6, 6.07) is 5.32. The predicted molar refractivity (Wildman–Crippen MR) is 66.8 cm³/mol. The number of nitrogens with one attached hydrogen (secondary N) is 1. The number of thioether (sulfide) groups is 1. The monoisotopic (exact) mass is 294 g/mol. The van der Waals surface area contributed by atoms with E-state index in [0.717, 1.165) is 0 Å². The second kappa shape index (κ2) is 6.78. The van der Waals surface area contributed by atoms with E-state index >= 15 is 0 Å². The van der Waals surface area contributed by atoms with Crippen molar-refractivity contribution in [2.75, 3.05) is 19.0 Å². The Balaban J connectivity index is 2.64. The summed E-state index contributed by atoms with van der Waals surface area (Å²) in [6.07, 6.45) is -0.788. The Hall–Kier alpha value is -1.25. The van der Waals surface area contributed by atoms with E-state index in [1.165, 1.54) is 31.4 Å². The number of ether oxygens (including phenoxy) is 1. The molecule has 0 saturated heterocycles. The van der Waals surface area contributed by atoms with Crippen molar-refractivity contribution in [1.29, 1.82) is 0 Å². The third-order valence-electron chi connectivity index (χ3n) is 2.15. The van der Waals surface area contributed by atoms with Crippen LogP contribution in [0.3, 0.4) is 0 Å². The molecule has 1 atom stereocenters. The number of benzene rings is 1. The lowest BCUT2D eigenvalue weighted by molar-refractivity contribution is -0.125. The minimum atomic E-state index is -4.33. The number of amides is 1. The molecule has 0 bridgehead atoms. The molecule has 0 spiro atoms. The first-order valence-corrected chi connectivity index (χ1v) is 6.07. The lowest BCUT2D eigenvalue weighted by atomic mass is 10.3. The number of halogens is 3. The number of nitrogens with two attached hydrogens (primary N) is 1. The van der Waals surface area contributed by atoms with Crippen LogP contribution in [0.2, 0.25) is 0 Å². The summed E-state index contributed by atoms with van der Waals surface area (Å²) in [5, 5.41) is 2.50. The Morgan fingerprint density at radius 2 is 2.00 bits per heavy atom. The predicted octanol–water partition coefficient (Wildman–Crippen LogP) is 2.21. The lowest BCUT2D eigenvalue weighted by Crippen LogP contribution is -2.35. The highest BCUT2D eigenvalue weighted by Crippen LogP contribution is 2.36. The average Bonchev–Trinajstić information content (AvgIpc) is 2.31. The van der Waals surface area contributed by atoms with Crippen LogP contribution in [0, 0.1) is 0 Å². The largest absolute Gasteiger partial charge is 0.446 e. The van der Waals surface area contributed by atoms with E-state index in [1.54, 1.807) is 0 Å². The van der Waals surface area contributed by atoms with Gasteiger partial charge < -0.3 is 15.8 Å². The van der Waals surface area contributed by atoms with E-state index in [1.807, 2.05) is 0 Å². The molecular weight excluding hydrogens is 281 g/mol. The second-order valence-corrected chi connectivity index (χ2v) is 4.66. The Labute approximate surface area is 112 Å². The molecule has 19 heavy (non-hydrogen) atoms. The zero-order valence-corrected chi connectivity index (χ0v) is 10.8. The second-order valence-electron chi connectivity index (χ2n) is 3.52. The average molecular weight is 294 g/mol. The number of hydrogen-bond donors (Lipinski definition) is 2.